The first-order valence-electron chi connectivity index (χ1n) is 26.8. The summed E-state index contributed by atoms with van der Waals surface area (Å²) in [5.74, 6) is -1.61. The summed E-state index contributed by atoms with van der Waals surface area (Å²) in [5.41, 5.74) is 0. The summed E-state index contributed by atoms with van der Waals surface area (Å²) in [6, 6.07) is 0. The van der Waals surface area contributed by atoms with E-state index in [4.69, 9.17) is 23.3 Å². The highest BCUT2D eigenvalue weighted by Crippen LogP contribution is 2.43. The number of carbonyl (C=O) groups excluding carboxylic acids is 3. The minimum Gasteiger partial charge on any atom is -0.462 e. The van der Waals surface area contributed by atoms with Crippen molar-refractivity contribution in [1.82, 2.24) is 0 Å². The highest BCUT2D eigenvalue weighted by Gasteiger charge is 2.28. The number of hydrogen-bond donors (Lipinski definition) is 2. The SMILES string of the molecule is CC/C=C\C/C=C\C/C=C\C/C=C\C/C=C\C/C=C\CCC(=O)OC(COC(=O)CCCCC/C=C\C/C=C\C/C=C\CC)COP(=O)(O)OCC(CO)OC(=O)CCCCCCCCCCCCC. The van der Waals surface area contributed by atoms with Gasteiger partial charge in [0.2, 0.25) is 0 Å². The predicted octanol–water partition coefficient (Wildman–Crippen LogP) is 15.5. The Bertz CT molecular complexity index is 1590. The Morgan fingerprint density at radius 3 is 1.23 bits per heavy atom. The normalized spacial score (nSPS) is 14.3. The number of aliphatic hydroxyl groups is 1. The van der Waals surface area contributed by atoms with E-state index in [1.54, 1.807) is 0 Å². The van der Waals surface area contributed by atoms with E-state index in [9.17, 15) is 28.9 Å². The largest absolute Gasteiger partial charge is 0.472 e. The lowest BCUT2D eigenvalue weighted by Crippen LogP contribution is -2.30. The number of phosphoric acid groups is 1. The molecule has 0 saturated heterocycles. The minimum absolute atomic E-state index is 0.0314. The van der Waals surface area contributed by atoms with Crippen molar-refractivity contribution in [1.29, 1.82) is 0 Å². The molecule has 0 amide bonds. The van der Waals surface area contributed by atoms with E-state index >= 15 is 0 Å². The van der Waals surface area contributed by atoms with Crippen LogP contribution in [0.4, 0.5) is 0 Å². The lowest BCUT2D eigenvalue weighted by Gasteiger charge is -2.21. The summed E-state index contributed by atoms with van der Waals surface area (Å²) in [6.45, 7) is 4.26. The molecule has 0 bridgehead atoms. The molecule has 0 saturated carbocycles. The number of carbonyl (C=O) groups is 3. The third kappa shape index (κ3) is 49.1. The molecule has 0 fully saturated rings. The fourth-order valence-corrected chi connectivity index (χ4v) is 7.47. The summed E-state index contributed by atoms with van der Waals surface area (Å²) in [5, 5.41) is 9.77. The number of aliphatic hydroxyl groups excluding tert-OH is 1. The molecule has 11 nitrogen and oxygen atoms in total. The van der Waals surface area contributed by atoms with Gasteiger partial charge in [0.25, 0.3) is 0 Å². The fraction of sp³-hybridized carbons (Fsp3) is 0.638. The Kier molecular flexibility index (Phi) is 48.7. The van der Waals surface area contributed by atoms with Gasteiger partial charge in [0, 0.05) is 19.3 Å². The number of esters is 3. The monoisotopic (exact) mass is 999 g/mol. The number of hydrogen-bond acceptors (Lipinski definition) is 10. The molecule has 0 aromatic heterocycles. The second-order valence-electron chi connectivity index (χ2n) is 17.3. The van der Waals surface area contributed by atoms with Crippen LogP contribution in [-0.4, -0.2) is 66.5 Å². The summed E-state index contributed by atoms with van der Waals surface area (Å²) in [7, 11) is -4.77. The zero-order valence-corrected chi connectivity index (χ0v) is 44.6. The topological polar surface area (TPSA) is 155 Å². The van der Waals surface area contributed by atoms with Crippen molar-refractivity contribution in [2.24, 2.45) is 0 Å². The quantitative estimate of drug-likeness (QED) is 0.0197. The fourth-order valence-electron chi connectivity index (χ4n) is 6.69. The van der Waals surface area contributed by atoms with Crippen LogP contribution in [0.25, 0.3) is 0 Å². The van der Waals surface area contributed by atoms with Gasteiger partial charge in [-0.2, -0.15) is 0 Å². The molecule has 0 aliphatic carbocycles. The van der Waals surface area contributed by atoms with Crippen molar-refractivity contribution < 1.29 is 52.2 Å². The van der Waals surface area contributed by atoms with Gasteiger partial charge >= 0.3 is 25.7 Å². The minimum atomic E-state index is -4.77. The molecule has 2 N–H and O–H groups in total. The highest BCUT2D eigenvalue weighted by molar-refractivity contribution is 7.47. The van der Waals surface area contributed by atoms with Gasteiger partial charge in [-0.3, -0.25) is 23.4 Å². The number of phosphoric ester groups is 1. The maximum Gasteiger partial charge on any atom is 0.472 e. The lowest BCUT2D eigenvalue weighted by molar-refractivity contribution is -0.161. The lowest BCUT2D eigenvalue weighted by atomic mass is 10.1. The van der Waals surface area contributed by atoms with Crippen LogP contribution in [0.5, 0.6) is 0 Å². The molecular weight excluding hydrogens is 904 g/mol. The van der Waals surface area contributed by atoms with Crippen LogP contribution in [0.3, 0.4) is 0 Å². The van der Waals surface area contributed by atoms with Gasteiger partial charge in [-0.25, -0.2) is 4.57 Å². The highest BCUT2D eigenvalue weighted by atomic mass is 31.2. The molecule has 0 radical (unpaired) electrons. The number of ether oxygens (including phenoxy) is 3. The molecule has 0 spiro atoms. The Hall–Kier alpha value is -3.86. The van der Waals surface area contributed by atoms with Crippen LogP contribution < -0.4 is 0 Å². The van der Waals surface area contributed by atoms with E-state index in [2.05, 4.69) is 118 Å². The molecule has 398 valence electrons. The smallest absolute Gasteiger partial charge is 0.462 e. The van der Waals surface area contributed by atoms with Gasteiger partial charge in [-0.15, -0.1) is 0 Å². The van der Waals surface area contributed by atoms with E-state index in [0.29, 0.717) is 25.7 Å². The predicted molar refractivity (Wildman–Crippen MR) is 288 cm³/mol. The van der Waals surface area contributed by atoms with Gasteiger partial charge in [-0.1, -0.05) is 201 Å². The average Bonchev–Trinajstić information content (AvgIpc) is 3.35. The van der Waals surface area contributed by atoms with Crippen LogP contribution in [0.1, 0.15) is 201 Å². The summed E-state index contributed by atoms with van der Waals surface area (Å²) < 4.78 is 39.3. The van der Waals surface area contributed by atoms with Crippen LogP contribution in [0, 0.1) is 0 Å². The second-order valence-corrected chi connectivity index (χ2v) is 18.7. The maximum atomic E-state index is 12.8. The molecular formula is C58H95O11P. The van der Waals surface area contributed by atoms with Crippen molar-refractivity contribution in [2.45, 2.75) is 213 Å². The van der Waals surface area contributed by atoms with Gasteiger partial charge in [0.1, 0.15) is 12.7 Å². The Morgan fingerprint density at radius 2 is 0.771 bits per heavy atom. The van der Waals surface area contributed by atoms with Gasteiger partial charge in [0.15, 0.2) is 6.10 Å². The molecule has 12 heteroatoms. The van der Waals surface area contributed by atoms with E-state index < -0.39 is 57.8 Å². The summed E-state index contributed by atoms with van der Waals surface area (Å²) in [6.07, 6.45) is 60.8. The molecule has 0 aliphatic heterocycles. The first-order valence-corrected chi connectivity index (χ1v) is 28.3. The second kappa shape index (κ2) is 51.5. The van der Waals surface area contributed by atoms with Crippen molar-refractivity contribution in [2.75, 3.05) is 26.4 Å². The Labute approximate surface area is 425 Å². The van der Waals surface area contributed by atoms with Crippen molar-refractivity contribution in [3.05, 3.63) is 109 Å². The van der Waals surface area contributed by atoms with E-state index in [1.807, 2.05) is 12.2 Å². The molecule has 3 atom stereocenters. The molecule has 3 unspecified atom stereocenters. The number of rotatable bonds is 48. The first-order chi connectivity index (χ1) is 34.2. The Balaban J connectivity index is 4.91. The first kappa shape index (κ1) is 66.1. The van der Waals surface area contributed by atoms with Crippen LogP contribution >= 0.6 is 7.82 Å². The summed E-state index contributed by atoms with van der Waals surface area (Å²) in [4.78, 5) is 48.3. The van der Waals surface area contributed by atoms with Crippen LogP contribution in [-0.2, 0) is 42.2 Å². The third-order valence-corrected chi connectivity index (χ3v) is 11.7. The standard InChI is InChI=1S/C58H95O11P/c1-4-7-10-13-16-19-22-24-25-26-27-28-29-31-34-37-40-43-46-49-58(62)69-55(51-65-56(60)47-44-41-38-35-33-30-23-20-17-14-11-8-5-2)53-67-70(63,64)66-52-54(50-59)68-57(61)48-45-42-39-36-32-21-18-15-12-9-6-3/h7-8,10-11,16-17,19-20,24-25,27-28,30-31,33-34,40,43,54-55,59H,4-6,9,12-15,18,21-23,26,29,32,35-39,41-42,44-53H2,1-3H3,(H,63,64)/b10-7-,11-8-,19-16-,20-17-,25-24-,28-27-,33-30-,34-31-,43-40-. The number of unbranched alkanes of at least 4 members (excludes halogenated alkanes) is 13. The van der Waals surface area contributed by atoms with Crippen molar-refractivity contribution >= 4 is 25.7 Å². The Morgan fingerprint density at radius 1 is 0.414 bits per heavy atom. The molecule has 0 rings (SSSR count). The van der Waals surface area contributed by atoms with Gasteiger partial charge in [0.05, 0.1) is 19.8 Å². The van der Waals surface area contributed by atoms with E-state index in [0.717, 1.165) is 89.9 Å². The van der Waals surface area contributed by atoms with E-state index in [-0.39, 0.29) is 25.9 Å². The van der Waals surface area contributed by atoms with E-state index in [1.165, 1.54) is 44.9 Å². The van der Waals surface area contributed by atoms with Crippen molar-refractivity contribution in [3.8, 4) is 0 Å². The van der Waals surface area contributed by atoms with Crippen LogP contribution in [0.15, 0.2) is 109 Å². The third-order valence-electron chi connectivity index (χ3n) is 10.7. The van der Waals surface area contributed by atoms with Crippen molar-refractivity contribution in [3.63, 3.8) is 0 Å². The number of allylic oxidation sites excluding steroid dienone is 18. The van der Waals surface area contributed by atoms with Gasteiger partial charge < -0.3 is 24.2 Å². The molecule has 0 aliphatic rings. The molecule has 70 heavy (non-hydrogen) atoms. The summed E-state index contributed by atoms with van der Waals surface area (Å²) >= 11 is 0. The maximum absolute atomic E-state index is 12.8. The van der Waals surface area contributed by atoms with Crippen LogP contribution in [0.2, 0.25) is 0 Å². The van der Waals surface area contributed by atoms with Gasteiger partial charge in [-0.05, 0) is 89.9 Å². The molecule has 0 aromatic carbocycles. The molecule has 0 heterocycles. The molecule has 0 aromatic rings. The zero-order valence-electron chi connectivity index (χ0n) is 43.7. The average molecular weight is 999 g/mol. The zero-order chi connectivity index (χ0) is 51.3.